The summed E-state index contributed by atoms with van der Waals surface area (Å²) in [7, 11) is 0. The maximum Gasteiger partial charge on any atom is 0.283 e. The van der Waals surface area contributed by atoms with Crippen LogP contribution in [0.3, 0.4) is 0 Å². The van der Waals surface area contributed by atoms with Crippen LogP contribution in [0.1, 0.15) is 16.7 Å². The van der Waals surface area contributed by atoms with Gasteiger partial charge in [0, 0.05) is 10.7 Å². The molecule has 1 N–H and O–H groups in total. The minimum Gasteiger partial charge on any atom is -0.349 e. The van der Waals surface area contributed by atoms with Crippen molar-refractivity contribution in [2.75, 3.05) is 10.2 Å². The average molecular weight is 375 g/mol. The molecule has 1 heterocycles. The molecular weight excluding hydrogens is 359 g/mol. The molecule has 0 saturated heterocycles. The number of aryl methyl sites for hydroxylation is 3. The molecule has 128 valence electrons. The Bertz CT molecular complexity index is 935. The van der Waals surface area contributed by atoms with Crippen molar-refractivity contribution in [2.45, 2.75) is 20.8 Å². The molecule has 0 radical (unpaired) electrons. The Labute approximate surface area is 156 Å². The number of halogens is 2. The first kappa shape index (κ1) is 17.5. The predicted molar refractivity (Wildman–Crippen MR) is 101 cm³/mol. The topological polar surface area (TPSA) is 49.4 Å². The lowest BCUT2D eigenvalue weighted by molar-refractivity contribution is -0.120. The van der Waals surface area contributed by atoms with Gasteiger partial charge in [0.1, 0.15) is 10.7 Å². The summed E-state index contributed by atoms with van der Waals surface area (Å²) in [5, 5.41) is 3.43. The van der Waals surface area contributed by atoms with Gasteiger partial charge in [-0.3, -0.25) is 9.59 Å². The molecule has 0 unspecified atom stereocenters. The third kappa shape index (κ3) is 3.15. The maximum atomic E-state index is 12.8. The van der Waals surface area contributed by atoms with Crippen LogP contribution in [0.5, 0.6) is 0 Å². The Morgan fingerprint density at radius 1 is 0.880 bits per heavy atom. The van der Waals surface area contributed by atoms with Crippen LogP contribution in [0, 0.1) is 20.8 Å². The van der Waals surface area contributed by atoms with Gasteiger partial charge in [-0.05, 0) is 61.7 Å². The second-order valence-corrected chi connectivity index (χ2v) is 6.82. The van der Waals surface area contributed by atoms with Crippen molar-refractivity contribution >= 4 is 46.4 Å². The molecule has 2 aromatic carbocycles. The first-order valence-electron chi connectivity index (χ1n) is 7.68. The van der Waals surface area contributed by atoms with E-state index < -0.39 is 11.8 Å². The Hall–Kier alpha value is -2.30. The zero-order valence-electron chi connectivity index (χ0n) is 14.0. The minimum atomic E-state index is -0.551. The molecule has 0 aromatic heterocycles. The molecule has 0 aliphatic carbocycles. The number of hydrogen-bond donors (Lipinski definition) is 1. The number of nitrogens with one attached hydrogen (secondary N) is 1. The van der Waals surface area contributed by atoms with Crippen LogP contribution in [-0.2, 0) is 9.59 Å². The standard InChI is InChI=1S/C19H16Cl2N2O2/c1-10-4-5-11(2)14(8-10)22-17-16(21)18(24)23(19(17)25)15-7-6-13(20)9-12(15)3/h4-9,22H,1-3H3. The number of nitrogens with zero attached hydrogens (tertiary/aromatic N) is 1. The van der Waals surface area contributed by atoms with Gasteiger partial charge in [0.2, 0.25) is 0 Å². The Morgan fingerprint density at radius 3 is 2.28 bits per heavy atom. The molecule has 0 bridgehead atoms. The van der Waals surface area contributed by atoms with E-state index in [0.717, 1.165) is 21.7 Å². The summed E-state index contributed by atoms with van der Waals surface area (Å²) in [5.74, 6) is -1.04. The predicted octanol–water partition coefficient (Wildman–Crippen LogP) is 4.70. The van der Waals surface area contributed by atoms with Crippen LogP contribution < -0.4 is 10.2 Å². The molecule has 3 rings (SSSR count). The lowest BCUT2D eigenvalue weighted by Gasteiger charge is -2.18. The number of rotatable bonds is 3. The number of benzene rings is 2. The van der Waals surface area contributed by atoms with E-state index in [1.807, 2.05) is 32.0 Å². The fraction of sp³-hybridized carbons (Fsp3) is 0.158. The summed E-state index contributed by atoms with van der Waals surface area (Å²) >= 11 is 12.1. The highest BCUT2D eigenvalue weighted by atomic mass is 35.5. The fourth-order valence-corrected chi connectivity index (χ4v) is 3.14. The van der Waals surface area contributed by atoms with Crippen molar-refractivity contribution in [1.82, 2.24) is 0 Å². The first-order chi connectivity index (χ1) is 11.8. The average Bonchev–Trinajstić information content (AvgIpc) is 2.75. The monoisotopic (exact) mass is 374 g/mol. The highest BCUT2D eigenvalue weighted by Gasteiger charge is 2.39. The van der Waals surface area contributed by atoms with Crippen molar-refractivity contribution in [3.8, 4) is 0 Å². The zero-order chi connectivity index (χ0) is 18.3. The van der Waals surface area contributed by atoms with Gasteiger partial charge in [-0.25, -0.2) is 4.90 Å². The van der Waals surface area contributed by atoms with Gasteiger partial charge < -0.3 is 5.32 Å². The van der Waals surface area contributed by atoms with Gasteiger partial charge in [0.15, 0.2) is 0 Å². The van der Waals surface area contributed by atoms with Crippen LogP contribution in [0.15, 0.2) is 47.1 Å². The summed E-state index contributed by atoms with van der Waals surface area (Å²) in [6.45, 7) is 5.65. The number of carbonyl (C=O) groups excluding carboxylic acids is 2. The van der Waals surface area contributed by atoms with Gasteiger partial charge >= 0.3 is 0 Å². The van der Waals surface area contributed by atoms with Crippen LogP contribution >= 0.6 is 23.2 Å². The van der Waals surface area contributed by atoms with E-state index in [-0.39, 0.29) is 10.7 Å². The molecule has 0 fully saturated rings. The highest BCUT2D eigenvalue weighted by molar-refractivity contribution is 6.53. The Kier molecular flexibility index (Phi) is 4.58. The molecule has 25 heavy (non-hydrogen) atoms. The number of carbonyl (C=O) groups is 2. The number of hydrogen-bond acceptors (Lipinski definition) is 3. The summed E-state index contributed by atoms with van der Waals surface area (Å²) in [4.78, 5) is 26.5. The Morgan fingerprint density at radius 2 is 1.60 bits per heavy atom. The van der Waals surface area contributed by atoms with Gasteiger partial charge in [-0.15, -0.1) is 0 Å². The van der Waals surface area contributed by atoms with Crippen molar-refractivity contribution < 1.29 is 9.59 Å². The maximum absolute atomic E-state index is 12.8. The molecule has 1 aliphatic heterocycles. The van der Waals surface area contributed by atoms with Crippen LogP contribution in [0.4, 0.5) is 11.4 Å². The van der Waals surface area contributed by atoms with Gasteiger partial charge in [-0.1, -0.05) is 35.3 Å². The van der Waals surface area contributed by atoms with Crippen LogP contribution in [0.2, 0.25) is 5.02 Å². The van der Waals surface area contributed by atoms with Crippen LogP contribution in [0.25, 0.3) is 0 Å². The van der Waals surface area contributed by atoms with Crippen molar-refractivity contribution in [3.05, 3.63) is 68.8 Å². The fourth-order valence-electron chi connectivity index (χ4n) is 2.71. The minimum absolute atomic E-state index is 0.0784. The molecule has 1 aliphatic rings. The molecule has 2 aromatic rings. The van der Waals surface area contributed by atoms with Gasteiger partial charge in [-0.2, -0.15) is 0 Å². The van der Waals surface area contributed by atoms with E-state index in [9.17, 15) is 9.59 Å². The molecule has 4 nitrogen and oxygen atoms in total. The SMILES string of the molecule is Cc1ccc(C)c(NC2=C(Cl)C(=O)N(c3ccc(Cl)cc3C)C2=O)c1. The summed E-state index contributed by atoms with van der Waals surface area (Å²) < 4.78 is 0. The summed E-state index contributed by atoms with van der Waals surface area (Å²) in [5.41, 5.74) is 3.98. The quantitative estimate of drug-likeness (QED) is 0.791. The zero-order valence-corrected chi connectivity index (χ0v) is 15.5. The molecule has 0 atom stereocenters. The largest absolute Gasteiger partial charge is 0.349 e. The van der Waals surface area contributed by atoms with Crippen molar-refractivity contribution in [3.63, 3.8) is 0 Å². The second-order valence-electron chi connectivity index (χ2n) is 6.01. The molecular formula is C19H16Cl2N2O2. The first-order valence-corrected chi connectivity index (χ1v) is 8.44. The lowest BCUT2D eigenvalue weighted by Crippen LogP contribution is -2.32. The smallest absolute Gasteiger partial charge is 0.283 e. The summed E-state index contributed by atoms with van der Waals surface area (Å²) in [6.07, 6.45) is 0. The van der Waals surface area contributed by atoms with Crippen LogP contribution in [-0.4, -0.2) is 11.8 Å². The van der Waals surface area contributed by atoms with Gasteiger partial charge in [0.05, 0.1) is 5.69 Å². The van der Waals surface area contributed by atoms with Crippen molar-refractivity contribution in [1.29, 1.82) is 0 Å². The van der Waals surface area contributed by atoms with E-state index in [2.05, 4.69) is 5.32 Å². The van der Waals surface area contributed by atoms with E-state index in [4.69, 9.17) is 23.2 Å². The lowest BCUT2D eigenvalue weighted by atomic mass is 10.1. The van der Waals surface area contributed by atoms with Crippen molar-refractivity contribution in [2.24, 2.45) is 0 Å². The number of amides is 2. The van der Waals surface area contributed by atoms with E-state index >= 15 is 0 Å². The molecule has 6 heteroatoms. The third-order valence-corrected chi connectivity index (χ3v) is 4.67. The highest BCUT2D eigenvalue weighted by Crippen LogP contribution is 2.33. The Balaban J connectivity index is 1.98. The number of anilines is 2. The third-order valence-electron chi connectivity index (χ3n) is 4.08. The molecule has 0 spiro atoms. The normalized spacial score (nSPS) is 14.5. The van der Waals surface area contributed by atoms with E-state index in [0.29, 0.717) is 16.3 Å². The molecule has 2 amide bonds. The summed E-state index contributed by atoms with van der Waals surface area (Å²) in [6, 6.07) is 10.8. The molecule has 0 saturated carbocycles. The number of imide groups is 1. The van der Waals surface area contributed by atoms with E-state index in [1.165, 1.54) is 0 Å². The second kappa shape index (κ2) is 6.54. The van der Waals surface area contributed by atoms with E-state index in [1.54, 1.807) is 25.1 Å². The van der Waals surface area contributed by atoms with Gasteiger partial charge in [0.25, 0.3) is 11.8 Å².